The topological polar surface area (TPSA) is 137 Å². The molecule has 0 saturated carbocycles. The van der Waals surface area contributed by atoms with Gasteiger partial charge in [-0.1, -0.05) is 11.8 Å². The second-order valence-corrected chi connectivity index (χ2v) is 5.15. The fourth-order valence-corrected chi connectivity index (χ4v) is 2.15. The molecule has 10 heteroatoms. The summed E-state index contributed by atoms with van der Waals surface area (Å²) in [7, 11) is 0. The lowest BCUT2D eigenvalue weighted by Gasteiger charge is -2.01. The largest absolute Gasteiger partial charge is 0.383 e. The second kappa shape index (κ2) is 7.41. The maximum atomic E-state index is 11.7. The number of carbonyl (C=O) groups excluding carboxylic acids is 1. The molecular weight excluding hydrogens is 304 g/mol. The minimum atomic E-state index is -0.284. The van der Waals surface area contributed by atoms with Crippen molar-refractivity contribution in [3.05, 3.63) is 24.0 Å². The van der Waals surface area contributed by atoms with Crippen LogP contribution in [0.4, 0.5) is 11.6 Å². The molecule has 0 aliphatic rings. The Morgan fingerprint density at radius 1 is 1.45 bits per heavy atom. The van der Waals surface area contributed by atoms with E-state index in [9.17, 15) is 4.79 Å². The highest BCUT2D eigenvalue weighted by Gasteiger charge is 2.05. The number of thioether (sulfide) groups is 1. The molecule has 0 aliphatic heterocycles. The van der Waals surface area contributed by atoms with Gasteiger partial charge in [-0.3, -0.25) is 9.48 Å². The third-order valence-electron chi connectivity index (χ3n) is 2.46. The molecule has 0 spiro atoms. The van der Waals surface area contributed by atoms with E-state index in [0.717, 1.165) is 23.9 Å². The third-order valence-corrected chi connectivity index (χ3v) is 3.30. The molecule has 0 atom stereocenters. The SMILES string of the molecule is CCn1cc(/C=N/NC(=O)CSc2nc(N)cc(N)n2)cn1. The number of nitrogens with one attached hydrogen (secondary N) is 1. The van der Waals surface area contributed by atoms with Crippen LogP contribution in [0.15, 0.2) is 28.7 Å². The number of aromatic nitrogens is 4. The summed E-state index contributed by atoms with van der Waals surface area (Å²) >= 11 is 1.13. The zero-order valence-electron chi connectivity index (χ0n) is 11.9. The van der Waals surface area contributed by atoms with Gasteiger partial charge in [-0.25, -0.2) is 15.4 Å². The average Bonchev–Trinajstić information content (AvgIpc) is 2.92. The summed E-state index contributed by atoms with van der Waals surface area (Å²) < 4.78 is 1.76. The van der Waals surface area contributed by atoms with Gasteiger partial charge in [0, 0.05) is 24.4 Å². The first kappa shape index (κ1) is 15.8. The Morgan fingerprint density at radius 2 is 2.18 bits per heavy atom. The minimum Gasteiger partial charge on any atom is -0.383 e. The Labute approximate surface area is 131 Å². The molecule has 0 aliphatic carbocycles. The number of anilines is 2. The van der Waals surface area contributed by atoms with E-state index in [1.165, 1.54) is 12.3 Å². The zero-order valence-corrected chi connectivity index (χ0v) is 12.7. The Balaban J connectivity index is 1.80. The Hall–Kier alpha value is -2.62. The first-order valence-electron chi connectivity index (χ1n) is 6.44. The number of nitrogen functional groups attached to an aromatic ring is 2. The lowest BCUT2D eigenvalue weighted by molar-refractivity contribution is -0.118. The molecule has 116 valence electrons. The van der Waals surface area contributed by atoms with Crippen molar-refractivity contribution in [3.63, 3.8) is 0 Å². The smallest absolute Gasteiger partial charge is 0.250 e. The number of hydrogen-bond acceptors (Lipinski definition) is 8. The van der Waals surface area contributed by atoms with Crippen molar-refractivity contribution in [2.75, 3.05) is 17.2 Å². The van der Waals surface area contributed by atoms with Crippen LogP contribution < -0.4 is 16.9 Å². The van der Waals surface area contributed by atoms with Crippen molar-refractivity contribution in [1.82, 2.24) is 25.2 Å². The fraction of sp³-hybridized carbons (Fsp3) is 0.250. The summed E-state index contributed by atoms with van der Waals surface area (Å²) in [5, 5.41) is 8.30. The van der Waals surface area contributed by atoms with Gasteiger partial charge in [-0.2, -0.15) is 10.2 Å². The highest BCUT2D eigenvalue weighted by atomic mass is 32.2. The Morgan fingerprint density at radius 3 is 2.82 bits per heavy atom. The molecule has 0 saturated heterocycles. The van der Waals surface area contributed by atoms with E-state index in [2.05, 4.69) is 25.6 Å². The Bertz CT molecular complexity index is 663. The molecule has 2 aromatic rings. The highest BCUT2D eigenvalue weighted by Crippen LogP contribution is 2.15. The second-order valence-electron chi connectivity index (χ2n) is 4.21. The molecular formula is C12H16N8OS. The molecule has 2 rings (SSSR count). The third kappa shape index (κ3) is 4.74. The normalized spacial score (nSPS) is 11.0. The maximum Gasteiger partial charge on any atom is 0.250 e. The molecule has 2 heterocycles. The van der Waals surface area contributed by atoms with E-state index in [-0.39, 0.29) is 23.3 Å². The molecule has 1 amide bonds. The van der Waals surface area contributed by atoms with Crippen molar-refractivity contribution < 1.29 is 4.79 Å². The van der Waals surface area contributed by atoms with Gasteiger partial charge in [-0.15, -0.1) is 0 Å². The van der Waals surface area contributed by atoms with Crippen LogP contribution >= 0.6 is 11.8 Å². The van der Waals surface area contributed by atoms with Crippen LogP contribution in [0.1, 0.15) is 12.5 Å². The average molecular weight is 320 g/mol. The van der Waals surface area contributed by atoms with Gasteiger partial charge in [0.2, 0.25) is 0 Å². The first-order chi connectivity index (χ1) is 10.6. The summed E-state index contributed by atoms with van der Waals surface area (Å²) in [4.78, 5) is 19.6. The van der Waals surface area contributed by atoms with Gasteiger partial charge in [0.1, 0.15) is 11.6 Å². The van der Waals surface area contributed by atoms with Crippen LogP contribution in [0.5, 0.6) is 0 Å². The standard InChI is InChI=1S/C12H16N8OS/c1-2-20-6-8(5-16-20)4-15-19-11(21)7-22-12-17-9(13)3-10(14)18-12/h3-6H,2,7H2,1H3,(H,19,21)(H4,13,14,17,18)/b15-4+. The van der Waals surface area contributed by atoms with Crippen molar-refractivity contribution in [2.45, 2.75) is 18.6 Å². The lowest BCUT2D eigenvalue weighted by Crippen LogP contribution is -2.19. The monoisotopic (exact) mass is 320 g/mol. The van der Waals surface area contributed by atoms with E-state index >= 15 is 0 Å². The summed E-state index contributed by atoms with van der Waals surface area (Å²) in [6.45, 7) is 2.76. The molecule has 22 heavy (non-hydrogen) atoms. The molecule has 0 bridgehead atoms. The number of nitrogens with two attached hydrogens (primary N) is 2. The number of nitrogens with zero attached hydrogens (tertiary/aromatic N) is 5. The zero-order chi connectivity index (χ0) is 15.9. The van der Waals surface area contributed by atoms with Crippen molar-refractivity contribution >= 4 is 35.5 Å². The summed E-state index contributed by atoms with van der Waals surface area (Å²) in [6.07, 6.45) is 5.02. The number of carbonyl (C=O) groups is 1. The van der Waals surface area contributed by atoms with Crippen LogP contribution in [0.3, 0.4) is 0 Å². The summed E-state index contributed by atoms with van der Waals surface area (Å²) in [5.41, 5.74) is 14.3. The van der Waals surface area contributed by atoms with Gasteiger partial charge >= 0.3 is 0 Å². The summed E-state index contributed by atoms with van der Waals surface area (Å²) in [6, 6.07) is 1.45. The molecule has 9 nitrogen and oxygen atoms in total. The van der Waals surface area contributed by atoms with Crippen LogP contribution in [-0.4, -0.2) is 37.6 Å². The van der Waals surface area contributed by atoms with E-state index in [4.69, 9.17) is 11.5 Å². The van der Waals surface area contributed by atoms with E-state index in [1.807, 2.05) is 13.1 Å². The van der Waals surface area contributed by atoms with E-state index < -0.39 is 0 Å². The molecule has 0 radical (unpaired) electrons. The molecule has 2 aromatic heterocycles. The predicted molar refractivity (Wildman–Crippen MR) is 85.2 cm³/mol. The van der Waals surface area contributed by atoms with Gasteiger partial charge < -0.3 is 11.5 Å². The number of rotatable bonds is 6. The molecule has 0 fully saturated rings. The molecule has 0 unspecified atom stereocenters. The van der Waals surface area contributed by atoms with E-state index in [1.54, 1.807) is 10.9 Å². The first-order valence-corrected chi connectivity index (χ1v) is 7.42. The lowest BCUT2D eigenvalue weighted by atomic mass is 10.4. The van der Waals surface area contributed by atoms with Crippen LogP contribution in [0.2, 0.25) is 0 Å². The Kier molecular flexibility index (Phi) is 5.31. The molecule has 5 N–H and O–H groups in total. The van der Waals surface area contributed by atoms with Crippen molar-refractivity contribution in [2.24, 2.45) is 5.10 Å². The minimum absolute atomic E-state index is 0.106. The maximum absolute atomic E-state index is 11.7. The summed E-state index contributed by atoms with van der Waals surface area (Å²) in [5.74, 6) is 0.352. The number of aryl methyl sites for hydroxylation is 1. The van der Waals surface area contributed by atoms with Crippen LogP contribution in [0, 0.1) is 0 Å². The van der Waals surface area contributed by atoms with Gasteiger partial charge in [0.05, 0.1) is 18.2 Å². The van der Waals surface area contributed by atoms with Gasteiger partial charge in [-0.05, 0) is 6.92 Å². The highest BCUT2D eigenvalue weighted by molar-refractivity contribution is 7.99. The molecule has 0 aromatic carbocycles. The van der Waals surface area contributed by atoms with Crippen molar-refractivity contribution in [3.8, 4) is 0 Å². The van der Waals surface area contributed by atoms with Crippen LogP contribution in [0.25, 0.3) is 0 Å². The quantitative estimate of drug-likeness (QED) is 0.297. The fourth-order valence-electron chi connectivity index (χ4n) is 1.49. The van der Waals surface area contributed by atoms with Gasteiger partial charge in [0.25, 0.3) is 5.91 Å². The van der Waals surface area contributed by atoms with E-state index in [0.29, 0.717) is 5.16 Å². The van der Waals surface area contributed by atoms with Gasteiger partial charge in [0.15, 0.2) is 5.16 Å². The number of hydrazone groups is 1. The number of amides is 1. The van der Waals surface area contributed by atoms with Crippen LogP contribution in [-0.2, 0) is 11.3 Å². The predicted octanol–water partition coefficient (Wildman–Crippen LogP) is 0.0998. The van der Waals surface area contributed by atoms with Crippen molar-refractivity contribution in [1.29, 1.82) is 0 Å². The number of hydrogen-bond donors (Lipinski definition) is 3.